The van der Waals surface area contributed by atoms with E-state index in [4.69, 9.17) is 16.9 Å². The van der Waals surface area contributed by atoms with Gasteiger partial charge in [0.25, 0.3) is 0 Å². The number of amides is 1. The Morgan fingerprint density at radius 2 is 1.97 bits per heavy atom. The zero-order valence-corrected chi connectivity index (χ0v) is 18.1. The van der Waals surface area contributed by atoms with Gasteiger partial charge in [-0.1, -0.05) is 47.6 Å². The lowest BCUT2D eigenvalue weighted by Gasteiger charge is -2.12. The van der Waals surface area contributed by atoms with Crippen LogP contribution in [0, 0.1) is 17.1 Å². The van der Waals surface area contributed by atoms with Crippen LogP contribution < -0.4 is 5.32 Å². The molecule has 0 spiro atoms. The maximum Gasteiger partial charge on any atom is 0.235 e. The number of aromatic nitrogens is 3. The summed E-state index contributed by atoms with van der Waals surface area (Å²) in [5.74, 6) is -0.410. The Hall–Kier alpha value is -3.19. The van der Waals surface area contributed by atoms with Gasteiger partial charge >= 0.3 is 0 Å². The van der Waals surface area contributed by atoms with Crippen molar-refractivity contribution >= 4 is 45.6 Å². The van der Waals surface area contributed by atoms with Gasteiger partial charge in [-0.15, -0.1) is 21.5 Å². The molecule has 0 fully saturated rings. The lowest BCUT2D eigenvalue weighted by molar-refractivity contribution is -0.113. The average Bonchev–Trinajstić information content (AvgIpc) is 3.39. The van der Waals surface area contributed by atoms with Crippen molar-refractivity contribution in [2.24, 2.45) is 0 Å². The summed E-state index contributed by atoms with van der Waals surface area (Å²) in [4.78, 5) is 12.4. The molecule has 0 aliphatic carbocycles. The van der Waals surface area contributed by atoms with Crippen LogP contribution in [-0.4, -0.2) is 26.4 Å². The van der Waals surface area contributed by atoms with E-state index in [0.717, 1.165) is 11.8 Å². The SMILES string of the molecule is N#Cc1ccsc1NC(=O)CSc1nnc(-c2ccccc2Cl)n1-c1ccccc1F. The molecule has 0 saturated carbocycles. The van der Waals surface area contributed by atoms with Crippen molar-refractivity contribution < 1.29 is 9.18 Å². The van der Waals surface area contributed by atoms with Crippen molar-refractivity contribution in [1.82, 2.24) is 14.8 Å². The van der Waals surface area contributed by atoms with Gasteiger partial charge in [-0.05, 0) is 35.7 Å². The van der Waals surface area contributed by atoms with Gasteiger partial charge < -0.3 is 5.32 Å². The first-order valence-corrected chi connectivity index (χ1v) is 11.2. The van der Waals surface area contributed by atoms with Crippen LogP contribution in [0.5, 0.6) is 0 Å². The third-order valence-corrected chi connectivity index (χ3v) is 6.30. The summed E-state index contributed by atoms with van der Waals surface area (Å²) in [6.07, 6.45) is 0. The van der Waals surface area contributed by atoms with E-state index in [9.17, 15) is 9.18 Å². The van der Waals surface area contributed by atoms with Gasteiger partial charge in [-0.2, -0.15) is 5.26 Å². The highest BCUT2D eigenvalue weighted by atomic mass is 35.5. The summed E-state index contributed by atoms with van der Waals surface area (Å²) >= 11 is 8.70. The second-order valence-corrected chi connectivity index (χ2v) is 8.45. The Kier molecular flexibility index (Phi) is 6.32. The minimum Gasteiger partial charge on any atom is -0.316 e. The van der Waals surface area contributed by atoms with E-state index in [2.05, 4.69) is 15.5 Å². The number of nitriles is 1. The number of halogens is 2. The molecule has 31 heavy (non-hydrogen) atoms. The monoisotopic (exact) mass is 469 g/mol. The van der Waals surface area contributed by atoms with Crippen molar-refractivity contribution in [3.8, 4) is 23.1 Å². The highest BCUT2D eigenvalue weighted by Crippen LogP contribution is 2.33. The molecule has 1 N–H and O–H groups in total. The molecule has 1 amide bonds. The van der Waals surface area contributed by atoms with Gasteiger partial charge in [0.2, 0.25) is 5.91 Å². The molecule has 154 valence electrons. The molecule has 10 heteroatoms. The van der Waals surface area contributed by atoms with Crippen LogP contribution in [0.25, 0.3) is 17.1 Å². The maximum absolute atomic E-state index is 14.6. The van der Waals surface area contributed by atoms with Crippen molar-refractivity contribution in [1.29, 1.82) is 5.26 Å². The van der Waals surface area contributed by atoms with Crippen LogP contribution in [0.4, 0.5) is 9.39 Å². The van der Waals surface area contributed by atoms with Gasteiger partial charge in [-0.25, -0.2) is 4.39 Å². The van der Waals surface area contributed by atoms with Crippen LogP contribution in [-0.2, 0) is 4.79 Å². The zero-order valence-electron chi connectivity index (χ0n) is 15.8. The van der Waals surface area contributed by atoms with E-state index >= 15 is 0 Å². The van der Waals surface area contributed by atoms with E-state index in [1.54, 1.807) is 58.5 Å². The second kappa shape index (κ2) is 9.31. The molecule has 0 radical (unpaired) electrons. The number of nitrogens with one attached hydrogen (secondary N) is 1. The summed E-state index contributed by atoms with van der Waals surface area (Å²) in [5, 5.41) is 23.2. The standard InChI is InChI=1S/C21H13ClFN5OS2/c22-15-6-2-1-5-14(15)19-26-27-21(28(19)17-8-4-3-7-16(17)23)31-12-18(29)25-20-13(11-24)9-10-30-20/h1-10H,12H2,(H,25,29). The molecule has 0 atom stereocenters. The molecule has 4 rings (SSSR count). The quantitative estimate of drug-likeness (QED) is 0.383. The van der Waals surface area contributed by atoms with Crippen LogP contribution >= 0.6 is 34.7 Å². The van der Waals surface area contributed by atoms with Crippen molar-refractivity contribution in [3.05, 3.63) is 76.4 Å². The molecule has 0 bridgehead atoms. The number of thioether (sulfide) groups is 1. The number of para-hydroxylation sites is 1. The lowest BCUT2D eigenvalue weighted by atomic mass is 10.2. The Balaban J connectivity index is 1.65. The van der Waals surface area contributed by atoms with Gasteiger partial charge in [0.1, 0.15) is 16.9 Å². The van der Waals surface area contributed by atoms with Gasteiger partial charge in [0, 0.05) is 5.56 Å². The number of benzene rings is 2. The highest BCUT2D eigenvalue weighted by Gasteiger charge is 2.21. The Bertz CT molecular complexity index is 1300. The summed E-state index contributed by atoms with van der Waals surface area (Å²) in [7, 11) is 0. The predicted molar refractivity (Wildman–Crippen MR) is 120 cm³/mol. The minimum absolute atomic E-state index is 0.00211. The first-order valence-electron chi connectivity index (χ1n) is 8.94. The number of rotatable bonds is 6. The van der Waals surface area contributed by atoms with Gasteiger partial charge in [-0.3, -0.25) is 9.36 Å². The lowest BCUT2D eigenvalue weighted by Crippen LogP contribution is -2.14. The average molecular weight is 470 g/mol. The molecule has 0 aliphatic heterocycles. The molecular formula is C21H13ClFN5OS2. The van der Waals surface area contributed by atoms with E-state index in [-0.39, 0.29) is 17.3 Å². The van der Waals surface area contributed by atoms with E-state index in [1.165, 1.54) is 17.4 Å². The molecule has 0 unspecified atom stereocenters. The molecule has 4 aromatic rings. The molecule has 2 heterocycles. The van der Waals surface area contributed by atoms with Crippen LogP contribution in [0.2, 0.25) is 5.02 Å². The van der Waals surface area contributed by atoms with Crippen LogP contribution in [0.1, 0.15) is 5.56 Å². The van der Waals surface area contributed by atoms with E-state index in [1.807, 2.05) is 6.07 Å². The molecule has 0 saturated heterocycles. The summed E-state index contributed by atoms with van der Waals surface area (Å²) in [6.45, 7) is 0. The van der Waals surface area contributed by atoms with Crippen LogP contribution in [0.3, 0.4) is 0 Å². The first kappa shape index (κ1) is 21.1. The number of nitrogens with zero attached hydrogens (tertiary/aromatic N) is 4. The Morgan fingerprint density at radius 1 is 1.19 bits per heavy atom. The summed E-state index contributed by atoms with van der Waals surface area (Å²) in [6, 6.07) is 17.0. The van der Waals surface area contributed by atoms with E-state index < -0.39 is 5.82 Å². The number of carbonyl (C=O) groups excluding carboxylic acids is 1. The fraction of sp³-hybridized carbons (Fsp3) is 0.0476. The fourth-order valence-electron chi connectivity index (χ4n) is 2.82. The van der Waals surface area contributed by atoms with E-state index in [0.29, 0.717) is 32.1 Å². The summed E-state index contributed by atoms with van der Waals surface area (Å²) in [5.41, 5.74) is 1.24. The number of hydrogen-bond acceptors (Lipinski definition) is 6. The topological polar surface area (TPSA) is 83.6 Å². The van der Waals surface area contributed by atoms with Gasteiger partial charge in [0.05, 0.1) is 22.0 Å². The number of thiophene rings is 1. The normalized spacial score (nSPS) is 10.6. The molecule has 0 aliphatic rings. The third-order valence-electron chi connectivity index (χ3n) is 4.21. The molecular weight excluding hydrogens is 457 g/mol. The first-order chi connectivity index (χ1) is 15.1. The van der Waals surface area contributed by atoms with Gasteiger partial charge in [0.15, 0.2) is 11.0 Å². The number of carbonyl (C=O) groups is 1. The van der Waals surface area contributed by atoms with Crippen molar-refractivity contribution in [2.75, 3.05) is 11.1 Å². The highest BCUT2D eigenvalue weighted by molar-refractivity contribution is 7.99. The molecule has 2 aromatic heterocycles. The minimum atomic E-state index is -0.459. The second-order valence-electron chi connectivity index (χ2n) is 6.18. The third kappa shape index (κ3) is 4.46. The molecule has 2 aromatic carbocycles. The number of hydrogen-bond donors (Lipinski definition) is 1. The Morgan fingerprint density at radius 3 is 2.74 bits per heavy atom. The van der Waals surface area contributed by atoms with Crippen molar-refractivity contribution in [3.63, 3.8) is 0 Å². The zero-order chi connectivity index (χ0) is 21.8. The smallest absolute Gasteiger partial charge is 0.235 e. The van der Waals surface area contributed by atoms with Crippen molar-refractivity contribution in [2.45, 2.75) is 5.16 Å². The summed E-state index contributed by atoms with van der Waals surface area (Å²) < 4.78 is 16.2. The Labute approximate surface area is 190 Å². The maximum atomic E-state index is 14.6. The fourth-order valence-corrected chi connectivity index (χ4v) is 4.54. The van der Waals surface area contributed by atoms with Crippen LogP contribution in [0.15, 0.2) is 65.1 Å². The molecule has 6 nitrogen and oxygen atoms in total. The largest absolute Gasteiger partial charge is 0.316 e. The number of anilines is 1. The predicted octanol–water partition coefficient (Wildman–Crippen LogP) is 5.39.